The number of likely N-dealkylation sites (N-methyl/N-ethyl adjacent to an activating group) is 1. The molecule has 1 aliphatic rings. The zero-order valence-corrected chi connectivity index (χ0v) is 9.34. The highest BCUT2D eigenvalue weighted by atomic mass is 16.4. The van der Waals surface area contributed by atoms with Crippen LogP contribution in [0.4, 0.5) is 4.79 Å². The minimum atomic E-state index is -0.815. The van der Waals surface area contributed by atoms with E-state index in [1.54, 1.807) is 0 Å². The lowest BCUT2D eigenvalue weighted by molar-refractivity contribution is 0.0458. The van der Waals surface area contributed by atoms with Crippen molar-refractivity contribution in [3.05, 3.63) is 35.9 Å². The predicted octanol–water partition coefficient (Wildman–Crippen LogP) is 1.48. The second-order valence-electron chi connectivity index (χ2n) is 4.24. The second-order valence-corrected chi connectivity index (χ2v) is 4.24. The Labute approximate surface area is 95.1 Å². The van der Waals surface area contributed by atoms with E-state index in [4.69, 9.17) is 5.11 Å². The van der Waals surface area contributed by atoms with Crippen LogP contribution in [0.25, 0.3) is 0 Å². The van der Waals surface area contributed by atoms with Crippen LogP contribution in [-0.4, -0.2) is 47.2 Å². The minimum absolute atomic E-state index is 0.358. The number of likely N-dealkylation sites (tertiary alicyclic amines) is 1. The summed E-state index contributed by atoms with van der Waals surface area (Å²) in [6.45, 7) is 2.12. The van der Waals surface area contributed by atoms with Gasteiger partial charge in [0.1, 0.15) is 0 Å². The highest BCUT2D eigenvalue weighted by Gasteiger charge is 2.32. The zero-order valence-electron chi connectivity index (χ0n) is 9.34. The van der Waals surface area contributed by atoms with E-state index in [0.717, 1.165) is 6.54 Å². The molecule has 0 saturated carbocycles. The SMILES string of the molecule is CN(Cc1ccccc1)C1CN(C(=O)O)C1. The van der Waals surface area contributed by atoms with Crippen LogP contribution in [0.15, 0.2) is 30.3 Å². The Hall–Kier alpha value is -1.55. The Balaban J connectivity index is 1.82. The predicted molar refractivity (Wildman–Crippen MR) is 61.3 cm³/mol. The molecule has 86 valence electrons. The molecule has 4 nitrogen and oxygen atoms in total. The topological polar surface area (TPSA) is 43.8 Å². The first-order chi connectivity index (χ1) is 7.66. The van der Waals surface area contributed by atoms with Gasteiger partial charge in [-0.1, -0.05) is 30.3 Å². The lowest BCUT2D eigenvalue weighted by atomic mass is 10.1. The molecule has 16 heavy (non-hydrogen) atoms. The molecular weight excluding hydrogens is 204 g/mol. The van der Waals surface area contributed by atoms with Crippen molar-refractivity contribution >= 4 is 6.09 Å². The van der Waals surface area contributed by atoms with Crippen LogP contribution in [0.1, 0.15) is 5.56 Å². The van der Waals surface area contributed by atoms with Crippen molar-refractivity contribution in [2.45, 2.75) is 12.6 Å². The molecule has 2 rings (SSSR count). The first-order valence-electron chi connectivity index (χ1n) is 5.39. The van der Waals surface area contributed by atoms with Crippen LogP contribution in [0.3, 0.4) is 0 Å². The molecule has 0 aromatic heterocycles. The average molecular weight is 220 g/mol. The van der Waals surface area contributed by atoms with E-state index in [1.807, 2.05) is 25.2 Å². The van der Waals surface area contributed by atoms with Gasteiger partial charge in [-0.25, -0.2) is 4.79 Å². The number of amides is 1. The molecule has 1 N–H and O–H groups in total. The molecule has 1 aliphatic heterocycles. The summed E-state index contributed by atoms with van der Waals surface area (Å²) < 4.78 is 0. The third-order valence-corrected chi connectivity index (χ3v) is 3.03. The van der Waals surface area contributed by atoms with Crippen LogP contribution in [0.2, 0.25) is 0 Å². The minimum Gasteiger partial charge on any atom is -0.465 e. The van der Waals surface area contributed by atoms with Gasteiger partial charge in [-0.3, -0.25) is 4.90 Å². The number of hydrogen-bond donors (Lipinski definition) is 1. The highest BCUT2D eigenvalue weighted by molar-refractivity contribution is 5.66. The quantitative estimate of drug-likeness (QED) is 0.839. The number of hydrogen-bond acceptors (Lipinski definition) is 2. The molecule has 1 aromatic carbocycles. The van der Waals surface area contributed by atoms with Crippen LogP contribution in [0.5, 0.6) is 0 Å². The monoisotopic (exact) mass is 220 g/mol. The normalized spacial score (nSPS) is 16.2. The molecule has 0 unspecified atom stereocenters. The van der Waals surface area contributed by atoms with Gasteiger partial charge in [-0.15, -0.1) is 0 Å². The fourth-order valence-corrected chi connectivity index (χ4v) is 1.89. The lowest BCUT2D eigenvalue weighted by Crippen LogP contribution is -2.59. The summed E-state index contributed by atoms with van der Waals surface area (Å²) in [5.74, 6) is 0. The van der Waals surface area contributed by atoms with Crippen LogP contribution in [0, 0.1) is 0 Å². The third-order valence-electron chi connectivity index (χ3n) is 3.03. The largest absolute Gasteiger partial charge is 0.465 e. The van der Waals surface area contributed by atoms with Crippen molar-refractivity contribution in [3.63, 3.8) is 0 Å². The summed E-state index contributed by atoms with van der Waals surface area (Å²) in [6.07, 6.45) is -0.815. The van der Waals surface area contributed by atoms with Gasteiger partial charge in [0.25, 0.3) is 0 Å². The molecule has 1 heterocycles. The van der Waals surface area contributed by atoms with Crippen molar-refractivity contribution in [3.8, 4) is 0 Å². The molecule has 1 aromatic rings. The number of rotatable bonds is 3. The summed E-state index contributed by atoms with van der Waals surface area (Å²) in [6, 6.07) is 10.6. The number of benzene rings is 1. The van der Waals surface area contributed by atoms with Gasteiger partial charge in [0.15, 0.2) is 0 Å². The molecule has 0 bridgehead atoms. The van der Waals surface area contributed by atoms with Crippen molar-refractivity contribution < 1.29 is 9.90 Å². The summed E-state index contributed by atoms with van der Waals surface area (Å²) in [7, 11) is 2.04. The van der Waals surface area contributed by atoms with E-state index in [0.29, 0.717) is 19.1 Å². The van der Waals surface area contributed by atoms with Crippen molar-refractivity contribution in [2.24, 2.45) is 0 Å². The van der Waals surface area contributed by atoms with E-state index < -0.39 is 6.09 Å². The summed E-state index contributed by atoms with van der Waals surface area (Å²) in [5, 5.41) is 8.73. The van der Waals surface area contributed by atoms with Gasteiger partial charge in [-0.05, 0) is 12.6 Å². The first-order valence-corrected chi connectivity index (χ1v) is 5.39. The van der Waals surface area contributed by atoms with Crippen LogP contribution in [-0.2, 0) is 6.54 Å². The average Bonchev–Trinajstić information content (AvgIpc) is 2.15. The smallest absolute Gasteiger partial charge is 0.407 e. The molecule has 0 atom stereocenters. The Bertz CT molecular complexity index is 361. The summed E-state index contributed by atoms with van der Waals surface area (Å²) in [5.41, 5.74) is 1.26. The first kappa shape index (κ1) is 11.0. The molecule has 0 aliphatic carbocycles. The van der Waals surface area contributed by atoms with E-state index >= 15 is 0 Å². The van der Waals surface area contributed by atoms with Gasteiger partial charge < -0.3 is 10.0 Å². The molecule has 1 saturated heterocycles. The Morgan fingerprint density at radius 3 is 2.62 bits per heavy atom. The Morgan fingerprint density at radius 2 is 2.06 bits per heavy atom. The maximum Gasteiger partial charge on any atom is 0.407 e. The maximum atomic E-state index is 10.6. The van der Waals surface area contributed by atoms with Gasteiger partial charge in [0.05, 0.1) is 0 Å². The molecule has 0 radical (unpaired) electrons. The number of carbonyl (C=O) groups is 1. The lowest BCUT2D eigenvalue weighted by Gasteiger charge is -2.42. The van der Waals surface area contributed by atoms with E-state index in [9.17, 15) is 4.79 Å². The van der Waals surface area contributed by atoms with E-state index in [-0.39, 0.29) is 0 Å². The van der Waals surface area contributed by atoms with Crippen molar-refractivity contribution in [1.82, 2.24) is 9.80 Å². The number of nitrogens with zero attached hydrogens (tertiary/aromatic N) is 2. The van der Waals surface area contributed by atoms with E-state index in [1.165, 1.54) is 10.5 Å². The second kappa shape index (κ2) is 4.53. The molecule has 0 spiro atoms. The molecule has 1 fully saturated rings. The van der Waals surface area contributed by atoms with E-state index in [2.05, 4.69) is 17.0 Å². The molecular formula is C12H16N2O2. The molecule has 4 heteroatoms. The zero-order chi connectivity index (χ0) is 11.5. The Morgan fingerprint density at radius 1 is 1.44 bits per heavy atom. The van der Waals surface area contributed by atoms with Gasteiger partial charge in [0.2, 0.25) is 0 Å². The standard InChI is InChI=1S/C12H16N2O2/c1-13(7-10-5-3-2-4-6-10)11-8-14(9-11)12(15)16/h2-6,11H,7-9H2,1H3,(H,15,16). The van der Waals surface area contributed by atoms with Gasteiger partial charge in [0, 0.05) is 25.7 Å². The fraction of sp³-hybridized carbons (Fsp3) is 0.417. The number of carboxylic acid groups (broad SMARTS) is 1. The van der Waals surface area contributed by atoms with Gasteiger partial charge >= 0.3 is 6.09 Å². The summed E-state index contributed by atoms with van der Waals surface area (Å²) >= 11 is 0. The fourth-order valence-electron chi connectivity index (χ4n) is 1.89. The maximum absolute atomic E-state index is 10.6. The van der Waals surface area contributed by atoms with Crippen molar-refractivity contribution in [2.75, 3.05) is 20.1 Å². The van der Waals surface area contributed by atoms with Crippen LogP contribution < -0.4 is 0 Å². The van der Waals surface area contributed by atoms with Gasteiger partial charge in [-0.2, -0.15) is 0 Å². The van der Waals surface area contributed by atoms with Crippen LogP contribution >= 0.6 is 0 Å². The molecule has 1 amide bonds. The third kappa shape index (κ3) is 2.33. The highest BCUT2D eigenvalue weighted by Crippen LogP contribution is 2.15. The van der Waals surface area contributed by atoms with Crippen molar-refractivity contribution in [1.29, 1.82) is 0 Å². The Kier molecular flexibility index (Phi) is 3.10. The summed E-state index contributed by atoms with van der Waals surface area (Å²) in [4.78, 5) is 14.3.